The fourth-order valence-corrected chi connectivity index (χ4v) is 4.71. The number of methoxy groups -OCH3 is 1. The largest absolute Gasteiger partial charge is 0.481 e. The Labute approximate surface area is 206 Å². The number of benzene rings is 2. The van der Waals surface area contributed by atoms with Crippen LogP contribution >= 0.6 is 24.8 Å². The molecule has 6 nitrogen and oxygen atoms in total. The van der Waals surface area contributed by atoms with Crippen molar-refractivity contribution in [2.45, 2.75) is 12.0 Å². The summed E-state index contributed by atoms with van der Waals surface area (Å²) in [5.41, 5.74) is 5.74. The van der Waals surface area contributed by atoms with Crippen molar-refractivity contribution in [3.05, 3.63) is 83.6 Å². The van der Waals surface area contributed by atoms with Gasteiger partial charge in [-0.3, -0.25) is 4.90 Å². The number of rotatable bonds is 4. The molecule has 1 fully saturated rings. The fourth-order valence-electron chi connectivity index (χ4n) is 4.71. The first-order valence-electron chi connectivity index (χ1n) is 10.6. The first-order chi connectivity index (χ1) is 15.3. The molecule has 1 aromatic heterocycles. The van der Waals surface area contributed by atoms with Gasteiger partial charge in [-0.25, -0.2) is 9.78 Å². The molecule has 2 aromatic carbocycles. The molecule has 0 saturated carbocycles. The highest BCUT2D eigenvalue weighted by Gasteiger charge is 2.33. The number of nitrogens with zero attached hydrogens (tertiary/aromatic N) is 2. The molecule has 0 radical (unpaired) electrons. The van der Waals surface area contributed by atoms with Gasteiger partial charge in [0.1, 0.15) is 6.61 Å². The number of halogens is 2. The number of aromatic nitrogens is 1. The van der Waals surface area contributed by atoms with Crippen LogP contribution in [0.2, 0.25) is 0 Å². The summed E-state index contributed by atoms with van der Waals surface area (Å²) in [6, 6.07) is 20.3. The highest BCUT2D eigenvalue weighted by Crippen LogP contribution is 2.44. The van der Waals surface area contributed by atoms with E-state index in [1.54, 1.807) is 18.2 Å². The van der Waals surface area contributed by atoms with E-state index in [-0.39, 0.29) is 42.9 Å². The number of pyridine rings is 1. The summed E-state index contributed by atoms with van der Waals surface area (Å²) >= 11 is 0. The van der Waals surface area contributed by atoms with Crippen molar-refractivity contribution < 1.29 is 14.3 Å². The Hall–Kier alpha value is -2.80. The van der Waals surface area contributed by atoms with E-state index in [1.165, 1.54) is 22.3 Å². The van der Waals surface area contributed by atoms with Crippen LogP contribution in [0.4, 0.5) is 4.79 Å². The van der Waals surface area contributed by atoms with E-state index in [4.69, 9.17) is 9.47 Å². The van der Waals surface area contributed by atoms with Crippen molar-refractivity contribution in [2.24, 2.45) is 0 Å². The van der Waals surface area contributed by atoms with Crippen molar-refractivity contribution in [1.82, 2.24) is 15.2 Å². The van der Waals surface area contributed by atoms with E-state index in [2.05, 4.69) is 46.7 Å². The summed E-state index contributed by atoms with van der Waals surface area (Å²) in [5, 5.41) is 3.36. The monoisotopic (exact) mass is 487 g/mol. The molecular formula is C25H27Cl2N3O3. The molecule has 33 heavy (non-hydrogen) atoms. The van der Waals surface area contributed by atoms with Crippen LogP contribution in [0.5, 0.6) is 5.88 Å². The topological polar surface area (TPSA) is 63.7 Å². The molecule has 5 rings (SSSR count). The van der Waals surface area contributed by atoms with Crippen LogP contribution < -0.4 is 10.1 Å². The summed E-state index contributed by atoms with van der Waals surface area (Å²) in [4.78, 5) is 19.3. The fraction of sp³-hybridized carbons (Fsp3) is 0.280. The van der Waals surface area contributed by atoms with Crippen LogP contribution in [0.1, 0.15) is 28.7 Å². The van der Waals surface area contributed by atoms with Crippen LogP contribution in [0.25, 0.3) is 11.1 Å². The highest BCUT2D eigenvalue weighted by atomic mass is 35.5. The number of hydrogen-bond donors (Lipinski definition) is 1. The smallest absolute Gasteiger partial charge is 0.410 e. The SMILES string of the molecule is COc1ncccc1C1CNCCN1C(=O)OCC1c2ccccc2-c2ccccc21.Cl.Cl. The van der Waals surface area contributed by atoms with E-state index >= 15 is 0 Å². The van der Waals surface area contributed by atoms with Crippen LogP contribution in [0, 0.1) is 0 Å². The van der Waals surface area contributed by atoms with Gasteiger partial charge >= 0.3 is 6.09 Å². The Balaban J connectivity index is 0.00000153. The van der Waals surface area contributed by atoms with Gasteiger partial charge in [-0.05, 0) is 34.4 Å². The van der Waals surface area contributed by atoms with Gasteiger partial charge in [0.2, 0.25) is 5.88 Å². The minimum absolute atomic E-state index is 0. The summed E-state index contributed by atoms with van der Waals surface area (Å²) in [5.74, 6) is 0.582. The molecule has 1 aliphatic carbocycles. The quantitative estimate of drug-likeness (QED) is 0.570. The second-order valence-corrected chi connectivity index (χ2v) is 7.82. The maximum absolute atomic E-state index is 13.2. The van der Waals surface area contributed by atoms with Crippen LogP contribution in [0.3, 0.4) is 0 Å². The molecule has 174 valence electrons. The van der Waals surface area contributed by atoms with Gasteiger partial charge in [0.25, 0.3) is 0 Å². The third kappa shape index (κ3) is 4.64. The van der Waals surface area contributed by atoms with Crippen molar-refractivity contribution in [3.8, 4) is 17.0 Å². The summed E-state index contributed by atoms with van der Waals surface area (Å²) in [6.07, 6.45) is 1.38. The third-order valence-electron chi connectivity index (χ3n) is 6.17. The Bertz CT molecular complexity index is 1070. The van der Waals surface area contributed by atoms with Gasteiger partial charge in [0, 0.05) is 37.3 Å². The van der Waals surface area contributed by atoms with Gasteiger partial charge < -0.3 is 14.8 Å². The van der Waals surface area contributed by atoms with Crippen molar-refractivity contribution in [1.29, 1.82) is 0 Å². The number of ether oxygens (including phenoxy) is 2. The minimum atomic E-state index is -0.306. The molecule has 2 heterocycles. The van der Waals surface area contributed by atoms with Gasteiger partial charge in [-0.15, -0.1) is 24.8 Å². The molecule has 1 saturated heterocycles. The molecule has 8 heteroatoms. The Morgan fingerprint density at radius 2 is 1.64 bits per heavy atom. The molecule has 2 aliphatic rings. The lowest BCUT2D eigenvalue weighted by Gasteiger charge is -2.36. The molecule has 1 atom stereocenters. The van der Waals surface area contributed by atoms with E-state index < -0.39 is 0 Å². The maximum atomic E-state index is 13.2. The van der Waals surface area contributed by atoms with Crippen molar-refractivity contribution >= 4 is 30.9 Å². The highest BCUT2D eigenvalue weighted by molar-refractivity contribution is 5.85. The molecular weight excluding hydrogens is 461 g/mol. The van der Waals surface area contributed by atoms with Crippen LogP contribution in [-0.2, 0) is 4.74 Å². The third-order valence-corrected chi connectivity index (χ3v) is 6.17. The molecule has 0 bridgehead atoms. The van der Waals surface area contributed by atoms with Gasteiger partial charge in [-0.2, -0.15) is 0 Å². The predicted molar refractivity (Wildman–Crippen MR) is 133 cm³/mol. The lowest BCUT2D eigenvalue weighted by molar-refractivity contribution is 0.0745. The zero-order chi connectivity index (χ0) is 21.2. The minimum Gasteiger partial charge on any atom is -0.481 e. The predicted octanol–water partition coefficient (Wildman–Crippen LogP) is 4.83. The van der Waals surface area contributed by atoms with Crippen molar-refractivity contribution in [3.63, 3.8) is 0 Å². The maximum Gasteiger partial charge on any atom is 0.410 e. The lowest BCUT2D eigenvalue weighted by atomic mass is 9.98. The van der Waals surface area contributed by atoms with E-state index in [0.29, 0.717) is 25.6 Å². The number of hydrogen-bond acceptors (Lipinski definition) is 5. The standard InChI is InChI=1S/C25H25N3O3.2ClH/c1-30-24-21(11-6-12-27-24)23-15-26-13-14-28(23)25(29)31-16-22-19-9-4-2-7-17(19)18-8-3-5-10-20(18)22;;/h2-12,22-23,26H,13-16H2,1H3;2*1H. The number of piperazine rings is 1. The van der Waals surface area contributed by atoms with Gasteiger partial charge in [-0.1, -0.05) is 48.5 Å². The van der Waals surface area contributed by atoms with E-state index in [9.17, 15) is 4.79 Å². The molecule has 1 aliphatic heterocycles. The second kappa shape index (κ2) is 10.9. The van der Waals surface area contributed by atoms with Crippen LogP contribution in [0.15, 0.2) is 66.9 Å². The van der Waals surface area contributed by atoms with Crippen LogP contribution in [-0.4, -0.2) is 49.3 Å². The number of carbonyl (C=O) groups excluding carboxylic acids is 1. The average Bonchev–Trinajstić information content (AvgIpc) is 3.16. The summed E-state index contributed by atoms with van der Waals surface area (Å²) in [7, 11) is 1.60. The molecule has 0 spiro atoms. The van der Waals surface area contributed by atoms with Gasteiger partial charge in [0.05, 0.1) is 13.2 Å². The Morgan fingerprint density at radius 3 is 2.30 bits per heavy atom. The summed E-state index contributed by atoms with van der Waals surface area (Å²) < 4.78 is 11.3. The first kappa shape index (κ1) is 24.8. The first-order valence-corrected chi connectivity index (χ1v) is 10.6. The molecule has 1 amide bonds. The Kier molecular flexibility index (Phi) is 8.19. The normalized spacial score (nSPS) is 16.6. The van der Waals surface area contributed by atoms with E-state index in [0.717, 1.165) is 12.1 Å². The number of nitrogens with one attached hydrogen (secondary N) is 1. The zero-order valence-electron chi connectivity index (χ0n) is 18.3. The number of fused-ring (bicyclic) bond motifs is 3. The molecule has 3 aromatic rings. The number of carbonyl (C=O) groups is 1. The number of amides is 1. The average molecular weight is 488 g/mol. The molecule has 1 N–H and O–H groups in total. The zero-order valence-corrected chi connectivity index (χ0v) is 19.9. The van der Waals surface area contributed by atoms with Crippen molar-refractivity contribution in [2.75, 3.05) is 33.4 Å². The second-order valence-electron chi connectivity index (χ2n) is 7.82. The lowest BCUT2D eigenvalue weighted by Crippen LogP contribution is -2.49. The Morgan fingerprint density at radius 1 is 1.00 bits per heavy atom. The summed E-state index contributed by atoms with van der Waals surface area (Å²) in [6.45, 7) is 2.24. The molecule has 1 unspecified atom stereocenters. The van der Waals surface area contributed by atoms with E-state index in [1.807, 2.05) is 24.3 Å². The van der Waals surface area contributed by atoms with Gasteiger partial charge in [0.15, 0.2) is 0 Å².